The predicted octanol–water partition coefficient (Wildman–Crippen LogP) is 3.19. The first-order valence-electron chi connectivity index (χ1n) is 5.70. The van der Waals surface area contributed by atoms with E-state index in [1.54, 1.807) is 0 Å². The molecule has 0 bridgehead atoms. The highest BCUT2D eigenvalue weighted by Gasteiger charge is 2.20. The maximum absolute atomic E-state index is 9.75. The molecule has 1 heterocycles. The fourth-order valence-electron chi connectivity index (χ4n) is 1.50. The Labute approximate surface area is 114 Å². The third-order valence-corrected chi connectivity index (χ3v) is 2.25. The molecule has 104 valence electrons. The molecule has 0 radical (unpaired) electrons. The van der Waals surface area contributed by atoms with Gasteiger partial charge in [-0.3, -0.25) is 0 Å². The molecule has 0 unspecified atom stereocenters. The summed E-state index contributed by atoms with van der Waals surface area (Å²) in [5.74, 6) is 0. The molecule has 2 rings (SSSR count). The average molecular weight is 282 g/mol. The van der Waals surface area contributed by atoms with Crippen LogP contribution >= 0.6 is 0 Å². The molecule has 0 aliphatic rings. The molecule has 2 nitrogen and oxygen atoms in total. The second-order valence-electron chi connectivity index (χ2n) is 3.81. The Hall–Kier alpha value is -2.36. The van der Waals surface area contributed by atoms with Crippen LogP contribution in [0.3, 0.4) is 0 Å². The summed E-state index contributed by atoms with van der Waals surface area (Å²) in [6, 6.07) is 17.9. The number of aromatic nitrogens is 1. The van der Waals surface area contributed by atoms with Crippen molar-refractivity contribution in [1.29, 1.82) is 5.26 Å². The van der Waals surface area contributed by atoms with E-state index >= 15 is 0 Å². The van der Waals surface area contributed by atoms with E-state index in [2.05, 4.69) is 18.2 Å². The molecule has 1 aromatic carbocycles. The van der Waals surface area contributed by atoms with Crippen molar-refractivity contribution >= 4 is 7.25 Å². The van der Waals surface area contributed by atoms with Gasteiger partial charge in [0.25, 0.3) is 5.69 Å². The summed E-state index contributed by atoms with van der Waals surface area (Å²) in [5.41, 5.74) is 1.88. The standard InChI is InChI=1S/C13H11N2.BF4/c14-10-13-8-4-5-9-15(13)11-12-6-2-1-3-7-12;2-1(3,4)5/h1-9H,11H2;/q+1;-1. The molecule has 0 saturated heterocycles. The van der Waals surface area contributed by atoms with E-state index in [9.17, 15) is 17.3 Å². The average Bonchev–Trinajstić information content (AvgIpc) is 2.39. The van der Waals surface area contributed by atoms with Crippen molar-refractivity contribution in [3.8, 4) is 6.07 Å². The molecule has 0 aliphatic carbocycles. The van der Waals surface area contributed by atoms with Gasteiger partial charge in [-0.15, -0.1) is 0 Å². The Balaban J connectivity index is 0.000000347. The minimum absolute atomic E-state index is 0.682. The molecule has 0 spiro atoms. The van der Waals surface area contributed by atoms with Crippen LogP contribution in [0.4, 0.5) is 17.3 Å². The van der Waals surface area contributed by atoms with E-state index in [1.807, 2.05) is 47.2 Å². The van der Waals surface area contributed by atoms with Crippen molar-refractivity contribution in [3.05, 3.63) is 66.0 Å². The second kappa shape index (κ2) is 7.29. The number of benzene rings is 1. The lowest BCUT2D eigenvalue weighted by Crippen LogP contribution is -2.37. The highest BCUT2D eigenvalue weighted by atomic mass is 19.5. The topological polar surface area (TPSA) is 27.7 Å². The van der Waals surface area contributed by atoms with Crippen LogP contribution in [0.15, 0.2) is 54.7 Å². The normalized spacial score (nSPS) is 10.2. The van der Waals surface area contributed by atoms with Gasteiger partial charge >= 0.3 is 7.25 Å². The maximum Gasteiger partial charge on any atom is 0.673 e. The van der Waals surface area contributed by atoms with Gasteiger partial charge in [0.1, 0.15) is 0 Å². The highest BCUT2D eigenvalue weighted by Crippen LogP contribution is 2.06. The SMILES string of the molecule is F[B-](F)(F)F.N#Cc1cccc[n+]1Cc1ccccc1. The molecule has 0 saturated carbocycles. The van der Waals surface area contributed by atoms with Crippen molar-refractivity contribution in [2.75, 3.05) is 0 Å². The smallest absolute Gasteiger partial charge is 0.418 e. The summed E-state index contributed by atoms with van der Waals surface area (Å²) in [6.07, 6.45) is 1.92. The Morgan fingerprint density at radius 3 is 2.05 bits per heavy atom. The molecule has 0 atom stereocenters. The lowest BCUT2D eigenvalue weighted by Gasteiger charge is -1.98. The van der Waals surface area contributed by atoms with E-state index in [-0.39, 0.29) is 0 Å². The Morgan fingerprint density at radius 1 is 0.950 bits per heavy atom. The van der Waals surface area contributed by atoms with E-state index in [0.29, 0.717) is 5.69 Å². The first-order chi connectivity index (χ1) is 9.40. The minimum atomic E-state index is -6.00. The van der Waals surface area contributed by atoms with E-state index < -0.39 is 7.25 Å². The maximum atomic E-state index is 9.75. The van der Waals surface area contributed by atoms with Gasteiger partial charge in [-0.25, -0.2) is 0 Å². The van der Waals surface area contributed by atoms with Crippen LogP contribution in [0.2, 0.25) is 0 Å². The number of nitrogens with zero attached hydrogens (tertiary/aromatic N) is 2. The Bertz CT molecular complexity index is 573. The number of halogens is 4. The molecular weight excluding hydrogens is 271 g/mol. The largest absolute Gasteiger partial charge is 0.673 e. The lowest BCUT2D eigenvalue weighted by molar-refractivity contribution is -0.690. The zero-order valence-corrected chi connectivity index (χ0v) is 10.4. The molecule has 20 heavy (non-hydrogen) atoms. The van der Waals surface area contributed by atoms with Gasteiger partial charge in [0.2, 0.25) is 0 Å². The lowest BCUT2D eigenvalue weighted by atomic mass is 10.2. The summed E-state index contributed by atoms with van der Waals surface area (Å²) in [6.45, 7) is 0.741. The van der Waals surface area contributed by atoms with Gasteiger partial charge in [-0.2, -0.15) is 9.83 Å². The first-order valence-corrected chi connectivity index (χ1v) is 5.70. The number of pyridine rings is 1. The number of hydrogen-bond donors (Lipinski definition) is 0. The van der Waals surface area contributed by atoms with Crippen molar-refractivity contribution in [3.63, 3.8) is 0 Å². The van der Waals surface area contributed by atoms with Crippen molar-refractivity contribution < 1.29 is 21.8 Å². The van der Waals surface area contributed by atoms with E-state index in [1.165, 1.54) is 5.56 Å². The molecule has 0 N–H and O–H groups in total. The highest BCUT2D eigenvalue weighted by molar-refractivity contribution is 6.50. The minimum Gasteiger partial charge on any atom is -0.418 e. The molecule has 7 heteroatoms. The van der Waals surface area contributed by atoms with Crippen LogP contribution in [0.25, 0.3) is 0 Å². The predicted molar refractivity (Wildman–Crippen MR) is 67.1 cm³/mol. The molecule has 2 aromatic rings. The van der Waals surface area contributed by atoms with Crippen LogP contribution in [0, 0.1) is 11.3 Å². The van der Waals surface area contributed by atoms with Crippen LogP contribution in [-0.2, 0) is 6.54 Å². The zero-order valence-electron chi connectivity index (χ0n) is 10.4. The second-order valence-corrected chi connectivity index (χ2v) is 3.81. The summed E-state index contributed by atoms with van der Waals surface area (Å²) >= 11 is 0. The molecule has 0 fully saturated rings. The van der Waals surface area contributed by atoms with Crippen molar-refractivity contribution in [2.45, 2.75) is 6.54 Å². The van der Waals surface area contributed by atoms with Crippen LogP contribution in [-0.4, -0.2) is 7.25 Å². The van der Waals surface area contributed by atoms with Crippen molar-refractivity contribution in [2.24, 2.45) is 0 Å². The van der Waals surface area contributed by atoms with Gasteiger partial charge in [0.05, 0.1) is 0 Å². The first kappa shape index (κ1) is 15.7. The summed E-state index contributed by atoms with van der Waals surface area (Å²) in [7, 11) is -6.00. The number of hydrogen-bond acceptors (Lipinski definition) is 1. The fourth-order valence-corrected chi connectivity index (χ4v) is 1.50. The van der Waals surface area contributed by atoms with Gasteiger partial charge < -0.3 is 17.3 Å². The number of rotatable bonds is 2. The number of nitriles is 1. The molecule has 1 aromatic heterocycles. The van der Waals surface area contributed by atoms with Crippen LogP contribution in [0.1, 0.15) is 11.3 Å². The molecular formula is C13H11BF4N2. The summed E-state index contributed by atoms with van der Waals surface area (Å²) in [5, 5.41) is 8.93. The van der Waals surface area contributed by atoms with E-state index in [4.69, 9.17) is 5.26 Å². The quantitative estimate of drug-likeness (QED) is 0.472. The van der Waals surface area contributed by atoms with Gasteiger partial charge in [-0.1, -0.05) is 30.3 Å². The summed E-state index contributed by atoms with van der Waals surface area (Å²) in [4.78, 5) is 0. The van der Waals surface area contributed by atoms with Gasteiger partial charge in [0.15, 0.2) is 18.8 Å². The molecule has 0 amide bonds. The fraction of sp³-hybridized carbons (Fsp3) is 0.0769. The van der Waals surface area contributed by atoms with Gasteiger partial charge in [0, 0.05) is 17.7 Å². The van der Waals surface area contributed by atoms with Crippen LogP contribution in [0.5, 0.6) is 0 Å². The van der Waals surface area contributed by atoms with Crippen molar-refractivity contribution in [1.82, 2.24) is 0 Å². The van der Waals surface area contributed by atoms with Crippen LogP contribution < -0.4 is 4.57 Å². The third-order valence-electron chi connectivity index (χ3n) is 2.25. The Morgan fingerprint density at radius 2 is 1.50 bits per heavy atom. The third kappa shape index (κ3) is 6.54. The van der Waals surface area contributed by atoms with E-state index in [0.717, 1.165) is 6.54 Å². The Kier molecular flexibility index (Phi) is 5.72. The molecule has 0 aliphatic heterocycles. The zero-order chi connectivity index (χ0) is 15.0. The van der Waals surface area contributed by atoms with Gasteiger partial charge in [-0.05, 0) is 6.07 Å². The monoisotopic (exact) mass is 282 g/mol. The summed E-state index contributed by atoms with van der Waals surface area (Å²) < 4.78 is 40.9.